The molecule has 0 fully saturated rings. The van der Waals surface area contributed by atoms with Crippen molar-refractivity contribution in [1.82, 2.24) is 4.90 Å². The van der Waals surface area contributed by atoms with Gasteiger partial charge in [0.15, 0.2) is 0 Å². The van der Waals surface area contributed by atoms with Crippen LogP contribution in [0.4, 0.5) is 17.1 Å². The fourth-order valence-electron chi connectivity index (χ4n) is 4.51. The maximum Gasteiger partial charge on any atom is 0.326 e. The lowest BCUT2D eigenvalue weighted by atomic mass is 9.90. The minimum absolute atomic E-state index is 0.0693. The lowest BCUT2D eigenvalue weighted by molar-refractivity contribution is -0.384. The van der Waals surface area contributed by atoms with Crippen molar-refractivity contribution in [2.75, 3.05) is 18.5 Å². The number of nitrogens with zero attached hydrogens (tertiary/aromatic N) is 3. The molecular formula is C27H20N4O7. The van der Waals surface area contributed by atoms with E-state index in [0.29, 0.717) is 22.5 Å². The van der Waals surface area contributed by atoms with Gasteiger partial charge in [-0.2, -0.15) is 0 Å². The third-order valence-electron chi connectivity index (χ3n) is 6.22. The highest BCUT2D eigenvalue weighted by atomic mass is 16.6. The molecule has 2 aliphatic heterocycles. The van der Waals surface area contributed by atoms with Crippen molar-refractivity contribution < 1.29 is 28.8 Å². The van der Waals surface area contributed by atoms with E-state index in [0.717, 1.165) is 4.90 Å². The first-order valence-corrected chi connectivity index (χ1v) is 11.7. The van der Waals surface area contributed by atoms with E-state index in [9.17, 15) is 29.3 Å². The van der Waals surface area contributed by atoms with E-state index in [4.69, 9.17) is 9.73 Å². The quantitative estimate of drug-likeness (QED) is 0.167. The van der Waals surface area contributed by atoms with Gasteiger partial charge in [-0.15, -0.1) is 0 Å². The van der Waals surface area contributed by atoms with Crippen LogP contribution in [-0.2, 0) is 14.3 Å². The number of fused-ring (bicyclic) bond motifs is 2. The van der Waals surface area contributed by atoms with Crippen molar-refractivity contribution in [3.63, 3.8) is 0 Å². The Balaban J connectivity index is 1.58. The average molecular weight is 512 g/mol. The molecule has 0 aromatic heterocycles. The molecule has 0 spiro atoms. The lowest BCUT2D eigenvalue weighted by Crippen LogP contribution is -2.35. The molecule has 0 saturated carbocycles. The maximum atomic E-state index is 13.1. The first kappa shape index (κ1) is 24.5. The van der Waals surface area contributed by atoms with Crippen LogP contribution in [0.15, 0.2) is 71.7 Å². The SMILES string of the molecule is CCOC(=O)CN1C(=O)c2ccc(N=C(c3ccccc3)C3C(=O)Nc4ccc([N+](=O)[O-])cc43)cc2C1=O. The summed E-state index contributed by atoms with van der Waals surface area (Å²) in [6, 6.07) is 17.4. The lowest BCUT2D eigenvalue weighted by Gasteiger charge is -2.14. The van der Waals surface area contributed by atoms with Gasteiger partial charge < -0.3 is 10.1 Å². The number of amides is 3. The van der Waals surface area contributed by atoms with Gasteiger partial charge in [-0.25, -0.2) is 0 Å². The number of nitrogens with one attached hydrogen (secondary N) is 1. The highest BCUT2D eigenvalue weighted by Gasteiger charge is 2.39. The normalized spacial score (nSPS) is 16.2. The fraction of sp³-hybridized carbons (Fsp3) is 0.148. The second-order valence-corrected chi connectivity index (χ2v) is 8.55. The molecule has 2 aliphatic rings. The topological polar surface area (TPSA) is 148 Å². The van der Waals surface area contributed by atoms with E-state index < -0.39 is 41.1 Å². The molecule has 3 amide bonds. The number of hydrogen-bond donors (Lipinski definition) is 1. The van der Waals surface area contributed by atoms with Crippen LogP contribution in [0.1, 0.15) is 44.7 Å². The number of aliphatic imine (C=N–C) groups is 1. The summed E-state index contributed by atoms with van der Waals surface area (Å²) in [4.78, 5) is 67.0. The van der Waals surface area contributed by atoms with Crippen molar-refractivity contribution in [1.29, 1.82) is 0 Å². The fourth-order valence-corrected chi connectivity index (χ4v) is 4.51. The largest absolute Gasteiger partial charge is 0.465 e. The number of nitro benzene ring substituents is 1. The van der Waals surface area contributed by atoms with Crippen molar-refractivity contribution >= 4 is 46.5 Å². The molecule has 3 aromatic rings. The maximum absolute atomic E-state index is 13.1. The van der Waals surface area contributed by atoms with Crippen LogP contribution in [0.2, 0.25) is 0 Å². The number of rotatable bonds is 7. The number of esters is 1. The monoisotopic (exact) mass is 512 g/mol. The number of anilines is 1. The van der Waals surface area contributed by atoms with E-state index in [-0.39, 0.29) is 29.1 Å². The molecule has 0 radical (unpaired) electrons. The number of carbonyl (C=O) groups excluding carboxylic acids is 4. The summed E-state index contributed by atoms with van der Waals surface area (Å²) in [5.41, 5.74) is 2.06. The number of non-ortho nitro benzene ring substituents is 1. The average Bonchev–Trinajstić information content (AvgIpc) is 3.35. The molecule has 1 unspecified atom stereocenters. The van der Waals surface area contributed by atoms with Crippen molar-refractivity contribution in [3.05, 3.63) is 99.1 Å². The molecule has 5 rings (SSSR count). The molecule has 38 heavy (non-hydrogen) atoms. The molecule has 11 heteroatoms. The number of carbonyl (C=O) groups is 4. The Labute approximate surface area is 215 Å². The van der Waals surface area contributed by atoms with Crippen molar-refractivity contribution in [2.24, 2.45) is 4.99 Å². The zero-order valence-electron chi connectivity index (χ0n) is 20.0. The van der Waals surface area contributed by atoms with Crippen LogP contribution in [0, 0.1) is 10.1 Å². The molecule has 1 atom stereocenters. The first-order chi connectivity index (χ1) is 18.3. The van der Waals surface area contributed by atoms with Crippen LogP contribution in [0.5, 0.6) is 0 Å². The van der Waals surface area contributed by atoms with Gasteiger partial charge >= 0.3 is 5.97 Å². The van der Waals surface area contributed by atoms with E-state index in [2.05, 4.69) is 5.32 Å². The summed E-state index contributed by atoms with van der Waals surface area (Å²) >= 11 is 0. The van der Waals surface area contributed by atoms with Crippen LogP contribution in [0.25, 0.3) is 0 Å². The Hall–Kier alpha value is -5.19. The summed E-state index contributed by atoms with van der Waals surface area (Å²) < 4.78 is 4.86. The smallest absolute Gasteiger partial charge is 0.326 e. The Kier molecular flexibility index (Phi) is 6.25. The van der Waals surface area contributed by atoms with Gasteiger partial charge in [-0.05, 0) is 36.8 Å². The van der Waals surface area contributed by atoms with Crippen LogP contribution < -0.4 is 5.32 Å². The van der Waals surface area contributed by atoms with Gasteiger partial charge in [0, 0.05) is 23.4 Å². The van der Waals surface area contributed by atoms with Crippen molar-refractivity contribution in [3.8, 4) is 0 Å². The number of nitro groups is 1. The Morgan fingerprint density at radius 1 is 1.03 bits per heavy atom. The zero-order valence-corrected chi connectivity index (χ0v) is 20.0. The van der Waals surface area contributed by atoms with Crippen LogP contribution in [-0.4, -0.2) is 52.4 Å². The Morgan fingerprint density at radius 2 is 1.76 bits per heavy atom. The van der Waals surface area contributed by atoms with Crippen LogP contribution in [0.3, 0.4) is 0 Å². The molecule has 0 aliphatic carbocycles. The third kappa shape index (κ3) is 4.30. The highest BCUT2D eigenvalue weighted by Crippen LogP contribution is 2.38. The number of benzene rings is 3. The minimum atomic E-state index is -0.960. The van der Waals surface area contributed by atoms with Gasteiger partial charge in [0.1, 0.15) is 12.5 Å². The molecular weight excluding hydrogens is 492 g/mol. The predicted octanol–water partition coefficient (Wildman–Crippen LogP) is 3.61. The molecule has 11 nitrogen and oxygen atoms in total. The van der Waals surface area contributed by atoms with Gasteiger partial charge in [-0.3, -0.25) is 39.2 Å². The minimum Gasteiger partial charge on any atom is -0.465 e. The van der Waals surface area contributed by atoms with E-state index in [1.807, 2.05) is 0 Å². The van der Waals surface area contributed by atoms with E-state index >= 15 is 0 Å². The summed E-state index contributed by atoms with van der Waals surface area (Å²) in [5.74, 6) is -3.34. The van der Waals surface area contributed by atoms with Crippen molar-refractivity contribution in [2.45, 2.75) is 12.8 Å². The number of hydrogen-bond acceptors (Lipinski definition) is 8. The summed E-state index contributed by atoms with van der Waals surface area (Å²) in [5, 5.41) is 14.1. The zero-order chi connectivity index (χ0) is 27.0. The predicted molar refractivity (Wildman–Crippen MR) is 136 cm³/mol. The van der Waals surface area contributed by atoms with Gasteiger partial charge in [-0.1, -0.05) is 30.3 Å². The molecule has 1 N–H and O–H groups in total. The standard InChI is InChI=1S/C27H20N4O7/c1-2-38-22(32)14-30-26(34)18-10-8-16(12-19(18)27(30)35)28-24(15-6-4-3-5-7-15)23-20-13-17(31(36)37)9-11-21(20)29-25(23)33/h3-13,23H,2,14H2,1H3,(H,29,33). The molecule has 0 saturated heterocycles. The first-order valence-electron chi connectivity index (χ1n) is 11.7. The molecule has 190 valence electrons. The molecule has 0 bridgehead atoms. The Morgan fingerprint density at radius 3 is 2.47 bits per heavy atom. The molecule has 3 aromatic carbocycles. The second kappa shape index (κ2) is 9.69. The second-order valence-electron chi connectivity index (χ2n) is 8.55. The summed E-state index contributed by atoms with van der Waals surface area (Å²) in [6.07, 6.45) is 0. The summed E-state index contributed by atoms with van der Waals surface area (Å²) in [7, 11) is 0. The molecule has 2 heterocycles. The van der Waals surface area contributed by atoms with E-state index in [1.54, 1.807) is 37.3 Å². The van der Waals surface area contributed by atoms with Gasteiger partial charge in [0.25, 0.3) is 17.5 Å². The summed E-state index contributed by atoms with van der Waals surface area (Å²) in [6.45, 7) is 1.23. The van der Waals surface area contributed by atoms with E-state index in [1.165, 1.54) is 36.4 Å². The van der Waals surface area contributed by atoms with Gasteiger partial charge in [0.05, 0.1) is 34.1 Å². The number of ether oxygens (including phenoxy) is 1. The van der Waals surface area contributed by atoms with Crippen LogP contribution >= 0.6 is 0 Å². The highest BCUT2D eigenvalue weighted by molar-refractivity contribution is 6.25. The number of imide groups is 1. The third-order valence-corrected chi connectivity index (χ3v) is 6.22. The Bertz CT molecular complexity index is 1550. The van der Waals surface area contributed by atoms with Gasteiger partial charge in [0.2, 0.25) is 5.91 Å².